The number of hydrogen-bond donors (Lipinski definition) is 1. The number of unbranched alkanes of at least 4 members (excludes halogenated alkanes) is 1. The van der Waals surface area contributed by atoms with Gasteiger partial charge in [0, 0.05) is 41.2 Å². The lowest BCUT2D eigenvalue weighted by molar-refractivity contribution is -0.148. The molecule has 0 bridgehead atoms. The van der Waals surface area contributed by atoms with E-state index in [0.29, 0.717) is 37.4 Å². The number of nitrogens with one attached hydrogen (secondary N) is 1. The molecule has 304 valence electrons. The Bertz CT molecular complexity index is 1830. The van der Waals surface area contributed by atoms with E-state index in [2.05, 4.69) is 45.4 Å². The van der Waals surface area contributed by atoms with Gasteiger partial charge in [0.05, 0.1) is 24.2 Å². The first-order valence-corrected chi connectivity index (χ1v) is 21.3. The second kappa shape index (κ2) is 19.3. The third-order valence-corrected chi connectivity index (χ3v) is 13.5. The van der Waals surface area contributed by atoms with Gasteiger partial charge in [0.2, 0.25) is 11.8 Å². The number of benzene rings is 2. The minimum Gasteiger partial charge on any atom is -0.409 e. The fraction of sp³-hybridized carbons (Fsp3) is 0.568. The Labute approximate surface area is 347 Å². The maximum absolute atomic E-state index is 15.1. The van der Waals surface area contributed by atoms with Crippen LogP contribution in [-0.2, 0) is 22.7 Å². The Kier molecular flexibility index (Phi) is 13.1. The van der Waals surface area contributed by atoms with Crippen LogP contribution in [0.25, 0.3) is 0 Å². The second-order valence-electron chi connectivity index (χ2n) is 16.1. The molecule has 3 fully saturated rings. The van der Waals surface area contributed by atoms with Crippen molar-refractivity contribution in [2.45, 2.75) is 96.4 Å². The number of likely N-dealkylation sites (tertiary alicyclic amines) is 1. The predicted octanol–water partition coefficient (Wildman–Crippen LogP) is 7.21. The van der Waals surface area contributed by atoms with Crippen molar-refractivity contribution in [3.8, 4) is 5.75 Å². The van der Waals surface area contributed by atoms with E-state index in [1.807, 2.05) is 37.4 Å². The summed E-state index contributed by atoms with van der Waals surface area (Å²) in [6.45, 7) is 8.01. The lowest BCUT2D eigenvalue weighted by Gasteiger charge is -2.46. The largest absolute Gasteiger partial charge is 0.415 e. The van der Waals surface area contributed by atoms with Crippen molar-refractivity contribution in [3.63, 3.8) is 0 Å². The molecule has 3 amide bonds. The SMILES string of the molecule is [2H]CN(C[2H])CCCC[C@@H](C(=O)N1CCN(C(=O)Oc2ccc(C)c(C)c2Cl)C[C@H]1C(=O)NCc1cccs1)N(C[2H])C1CCC2(CC1)CCN(Cc1ccccc1)C2. The summed E-state index contributed by atoms with van der Waals surface area (Å²) < 4.78 is 30.1. The van der Waals surface area contributed by atoms with Gasteiger partial charge in [0.1, 0.15) is 6.04 Å². The monoisotopic (exact) mass is 807 g/mol. The first kappa shape index (κ1) is 38.1. The molecule has 1 spiro atoms. The first-order chi connectivity index (χ1) is 28.5. The van der Waals surface area contributed by atoms with E-state index in [0.717, 1.165) is 67.7 Å². The molecule has 2 aromatic carbocycles. The number of carbonyl (C=O) groups excluding carboxylic acids is 3. The maximum atomic E-state index is 15.1. The fourth-order valence-corrected chi connectivity index (χ4v) is 9.54. The van der Waals surface area contributed by atoms with Gasteiger partial charge in [0.25, 0.3) is 0 Å². The molecule has 56 heavy (non-hydrogen) atoms. The van der Waals surface area contributed by atoms with Crippen molar-refractivity contribution >= 4 is 40.8 Å². The molecule has 6 rings (SSSR count). The number of halogens is 1. The summed E-state index contributed by atoms with van der Waals surface area (Å²) in [5, 5.41) is 5.33. The summed E-state index contributed by atoms with van der Waals surface area (Å²) in [6.07, 6.45) is 6.28. The molecule has 1 N–H and O–H groups in total. The van der Waals surface area contributed by atoms with Crippen LogP contribution in [0, 0.1) is 19.3 Å². The van der Waals surface area contributed by atoms with E-state index in [9.17, 15) is 9.59 Å². The van der Waals surface area contributed by atoms with E-state index in [-0.39, 0.29) is 69.7 Å². The molecule has 0 radical (unpaired) electrons. The Morgan fingerprint density at radius 1 is 1.00 bits per heavy atom. The smallest absolute Gasteiger partial charge is 0.409 e. The molecular weight excluding hydrogens is 744 g/mol. The number of thiophene rings is 1. The van der Waals surface area contributed by atoms with Gasteiger partial charge >= 0.3 is 6.09 Å². The molecule has 2 saturated heterocycles. The number of rotatable bonds is 14. The van der Waals surface area contributed by atoms with Gasteiger partial charge in [0.15, 0.2) is 5.75 Å². The minimum atomic E-state index is -0.972. The number of amides is 3. The standard InChI is InChI=1S/C44H61ClN6O4S/c1-32-16-17-39(40(45)33(32)2)55-43(54)50-25-26-51(38(30-50)41(52)46-28-36-14-11-27-56-36)42(53)37(15-9-10-23-47(3)4)48(5)35-18-20-44(21-19-35)22-24-49(31-44)29-34-12-7-6-8-13-34/h6-8,11-14,16-17,27,35,37-38H,9-10,15,18-26,28-31H2,1-5H3,(H,46,52)/t35?,37-,38-,44?/m0/s1/i3D,4D,5D. The maximum Gasteiger partial charge on any atom is 0.415 e. The number of likely N-dealkylation sites (N-methyl/N-ethyl adjacent to an activating group) is 1. The van der Waals surface area contributed by atoms with Crippen LogP contribution in [0.2, 0.25) is 5.02 Å². The summed E-state index contributed by atoms with van der Waals surface area (Å²) in [5.41, 5.74) is 3.36. The van der Waals surface area contributed by atoms with Crippen LogP contribution in [0.15, 0.2) is 60.0 Å². The van der Waals surface area contributed by atoms with Crippen LogP contribution < -0.4 is 10.1 Å². The van der Waals surface area contributed by atoms with Gasteiger partial charge in [-0.05, 0) is 133 Å². The number of carbonyl (C=O) groups is 3. The average Bonchev–Trinajstić information content (AvgIpc) is 3.93. The zero-order valence-electron chi connectivity index (χ0n) is 36.1. The van der Waals surface area contributed by atoms with E-state index in [1.54, 1.807) is 15.9 Å². The summed E-state index contributed by atoms with van der Waals surface area (Å²) >= 11 is 8.09. The van der Waals surface area contributed by atoms with Crippen molar-refractivity contribution in [1.82, 2.24) is 29.8 Å². The van der Waals surface area contributed by atoms with Gasteiger partial charge in [-0.3, -0.25) is 19.4 Å². The van der Waals surface area contributed by atoms with Crippen molar-refractivity contribution in [2.75, 3.05) is 60.3 Å². The highest BCUT2D eigenvalue weighted by molar-refractivity contribution is 7.09. The highest BCUT2D eigenvalue weighted by Gasteiger charge is 2.45. The molecule has 2 aliphatic heterocycles. The first-order valence-electron chi connectivity index (χ1n) is 22.1. The van der Waals surface area contributed by atoms with Crippen LogP contribution >= 0.6 is 22.9 Å². The molecular formula is C44H61ClN6O4S. The summed E-state index contributed by atoms with van der Waals surface area (Å²) in [4.78, 5) is 53.3. The Morgan fingerprint density at radius 2 is 1.80 bits per heavy atom. The second-order valence-corrected chi connectivity index (χ2v) is 17.5. The summed E-state index contributed by atoms with van der Waals surface area (Å²) in [7, 11) is 0.0437. The van der Waals surface area contributed by atoms with Crippen molar-refractivity contribution in [3.05, 3.63) is 86.6 Å². The molecule has 1 aromatic heterocycles. The lowest BCUT2D eigenvalue weighted by atomic mass is 9.71. The molecule has 3 aliphatic rings. The average molecular weight is 809 g/mol. The number of hydrogen-bond acceptors (Lipinski definition) is 8. The van der Waals surface area contributed by atoms with Gasteiger partial charge in [-0.25, -0.2) is 4.79 Å². The lowest BCUT2D eigenvalue weighted by Crippen LogP contribution is -2.64. The number of aryl methyl sites for hydroxylation is 1. The topological polar surface area (TPSA) is 88.7 Å². The Balaban J connectivity index is 1.19. The quantitative estimate of drug-likeness (QED) is 0.172. The van der Waals surface area contributed by atoms with Crippen LogP contribution in [0.3, 0.4) is 0 Å². The van der Waals surface area contributed by atoms with Gasteiger partial charge in [-0.1, -0.05) is 60.5 Å². The van der Waals surface area contributed by atoms with Gasteiger partial charge in [-0.15, -0.1) is 11.3 Å². The molecule has 3 aromatic rings. The Morgan fingerprint density at radius 3 is 2.54 bits per heavy atom. The van der Waals surface area contributed by atoms with Crippen molar-refractivity contribution < 1.29 is 23.2 Å². The van der Waals surface area contributed by atoms with Crippen LogP contribution in [-0.4, -0.2) is 121 Å². The van der Waals surface area contributed by atoms with Gasteiger partial charge < -0.3 is 24.8 Å². The minimum absolute atomic E-state index is 0.0436. The third kappa shape index (κ3) is 10.5. The third-order valence-electron chi connectivity index (χ3n) is 12.2. The normalized spacial score (nSPS) is 22.9. The molecule has 1 aliphatic carbocycles. The number of piperazine rings is 1. The molecule has 1 saturated carbocycles. The Hall–Kier alpha value is -3.48. The summed E-state index contributed by atoms with van der Waals surface area (Å²) in [5.74, 6) is -0.313. The zero-order chi connectivity index (χ0) is 41.9. The van der Waals surface area contributed by atoms with Crippen LogP contribution in [0.4, 0.5) is 4.79 Å². The van der Waals surface area contributed by atoms with Crippen LogP contribution in [0.5, 0.6) is 5.75 Å². The predicted molar refractivity (Wildman–Crippen MR) is 225 cm³/mol. The van der Waals surface area contributed by atoms with Crippen molar-refractivity contribution in [1.29, 1.82) is 0 Å². The highest BCUT2D eigenvalue weighted by atomic mass is 35.5. The summed E-state index contributed by atoms with van der Waals surface area (Å²) in [6, 6.07) is 16.4. The molecule has 0 unspecified atom stereocenters. The van der Waals surface area contributed by atoms with E-state index < -0.39 is 18.2 Å². The van der Waals surface area contributed by atoms with E-state index in [4.69, 9.17) is 20.5 Å². The zero-order valence-corrected chi connectivity index (χ0v) is 34.7. The van der Waals surface area contributed by atoms with E-state index >= 15 is 4.79 Å². The molecule has 2 atom stereocenters. The molecule has 10 nitrogen and oxygen atoms in total. The molecule has 12 heteroatoms. The number of ether oxygens (including phenoxy) is 1. The van der Waals surface area contributed by atoms with Gasteiger partial charge in [-0.2, -0.15) is 0 Å². The molecule has 3 heterocycles. The highest BCUT2D eigenvalue weighted by Crippen LogP contribution is 2.45. The number of nitrogens with zero attached hydrogens (tertiary/aromatic N) is 5. The van der Waals surface area contributed by atoms with E-state index in [1.165, 1.54) is 21.8 Å². The fourth-order valence-electron chi connectivity index (χ4n) is 8.65. The van der Waals surface area contributed by atoms with Crippen molar-refractivity contribution in [2.24, 2.45) is 5.41 Å². The van der Waals surface area contributed by atoms with Crippen LogP contribution in [0.1, 0.15) is 77.0 Å².